The molecule has 0 atom stereocenters. The van der Waals surface area contributed by atoms with Gasteiger partial charge in [-0.15, -0.1) is 0 Å². The van der Waals surface area contributed by atoms with Crippen molar-refractivity contribution in [1.82, 2.24) is 10.2 Å². The van der Waals surface area contributed by atoms with Gasteiger partial charge in [0.25, 0.3) is 0 Å². The average molecular weight is 238 g/mol. The van der Waals surface area contributed by atoms with E-state index in [1.807, 2.05) is 4.90 Å². The van der Waals surface area contributed by atoms with E-state index < -0.39 is 0 Å². The number of methoxy groups -OCH3 is 1. The van der Waals surface area contributed by atoms with Crippen LogP contribution < -0.4 is 5.32 Å². The van der Waals surface area contributed by atoms with E-state index in [-0.39, 0.29) is 6.03 Å². The van der Waals surface area contributed by atoms with Gasteiger partial charge in [-0.3, -0.25) is 0 Å². The Morgan fingerprint density at radius 2 is 2.29 bits per heavy atom. The predicted molar refractivity (Wildman–Crippen MR) is 66.9 cm³/mol. The van der Waals surface area contributed by atoms with Crippen molar-refractivity contribution in [3.63, 3.8) is 0 Å². The second-order valence-corrected chi connectivity index (χ2v) is 4.92. The van der Waals surface area contributed by atoms with Gasteiger partial charge in [-0.05, 0) is 24.8 Å². The molecular formula is C13H22N2O2. The van der Waals surface area contributed by atoms with Gasteiger partial charge in [-0.25, -0.2) is 4.79 Å². The first-order valence-electron chi connectivity index (χ1n) is 6.52. The minimum absolute atomic E-state index is 0.101. The summed E-state index contributed by atoms with van der Waals surface area (Å²) in [5, 5.41) is 3.12. The third-order valence-corrected chi connectivity index (χ3v) is 3.60. The lowest BCUT2D eigenvalue weighted by atomic mass is 10.1. The Labute approximate surface area is 103 Å². The number of carbonyl (C=O) groups is 1. The van der Waals surface area contributed by atoms with Gasteiger partial charge in [-0.2, -0.15) is 0 Å². The fourth-order valence-electron chi connectivity index (χ4n) is 2.55. The molecule has 1 aliphatic heterocycles. The summed E-state index contributed by atoms with van der Waals surface area (Å²) in [6.07, 6.45) is 7.84. The third-order valence-electron chi connectivity index (χ3n) is 3.60. The molecule has 96 valence electrons. The number of rotatable bonds is 3. The highest BCUT2D eigenvalue weighted by molar-refractivity contribution is 5.75. The molecule has 4 nitrogen and oxygen atoms in total. The predicted octanol–water partition coefficient (Wildman–Crippen LogP) is 1.92. The Bertz CT molecular complexity index is 296. The molecule has 2 rings (SSSR count). The summed E-state index contributed by atoms with van der Waals surface area (Å²) in [6, 6.07) is 0.511. The lowest BCUT2D eigenvalue weighted by Gasteiger charge is -2.28. The molecule has 4 heteroatoms. The molecule has 0 bridgehead atoms. The van der Waals surface area contributed by atoms with E-state index in [1.54, 1.807) is 7.11 Å². The molecule has 1 saturated carbocycles. The van der Waals surface area contributed by atoms with Gasteiger partial charge in [-0.1, -0.05) is 18.9 Å². The zero-order valence-electron chi connectivity index (χ0n) is 10.6. The van der Waals surface area contributed by atoms with Crippen molar-refractivity contribution in [3.8, 4) is 0 Å². The highest BCUT2D eigenvalue weighted by atomic mass is 16.5. The number of urea groups is 1. The van der Waals surface area contributed by atoms with Crippen molar-refractivity contribution < 1.29 is 9.53 Å². The zero-order valence-corrected chi connectivity index (χ0v) is 10.6. The lowest BCUT2D eigenvalue weighted by Crippen LogP contribution is -2.45. The molecule has 1 N–H and O–H groups in total. The van der Waals surface area contributed by atoms with Crippen LogP contribution in [-0.2, 0) is 4.74 Å². The molecule has 17 heavy (non-hydrogen) atoms. The molecule has 0 aromatic carbocycles. The van der Waals surface area contributed by atoms with Gasteiger partial charge in [0, 0.05) is 26.2 Å². The summed E-state index contributed by atoms with van der Waals surface area (Å²) in [4.78, 5) is 13.9. The van der Waals surface area contributed by atoms with Crippen molar-refractivity contribution in [2.75, 3.05) is 26.8 Å². The first-order valence-corrected chi connectivity index (χ1v) is 6.52. The Balaban J connectivity index is 1.77. The fraction of sp³-hybridized carbons (Fsp3) is 0.769. The second-order valence-electron chi connectivity index (χ2n) is 4.92. The Kier molecular flexibility index (Phi) is 4.42. The molecule has 2 aliphatic rings. The Morgan fingerprint density at radius 1 is 1.53 bits per heavy atom. The SMILES string of the molecule is COCC1=CCN(C(=O)NC2CCCC2)CC1. The quantitative estimate of drug-likeness (QED) is 0.763. The monoisotopic (exact) mass is 238 g/mol. The number of carbonyl (C=O) groups excluding carboxylic acids is 1. The smallest absolute Gasteiger partial charge is 0.317 e. The van der Waals surface area contributed by atoms with Crippen LogP contribution in [0.3, 0.4) is 0 Å². The largest absolute Gasteiger partial charge is 0.380 e. The molecule has 2 amide bonds. The molecular weight excluding hydrogens is 216 g/mol. The Morgan fingerprint density at radius 3 is 2.88 bits per heavy atom. The molecule has 0 saturated heterocycles. The molecule has 0 spiro atoms. The van der Waals surface area contributed by atoms with Crippen molar-refractivity contribution in [2.24, 2.45) is 0 Å². The van der Waals surface area contributed by atoms with Crippen LogP contribution in [0.25, 0.3) is 0 Å². The first-order chi connectivity index (χ1) is 8.29. The third kappa shape index (κ3) is 3.46. The van der Waals surface area contributed by atoms with Crippen LogP contribution in [0.15, 0.2) is 11.6 Å². The van der Waals surface area contributed by atoms with E-state index >= 15 is 0 Å². The highest BCUT2D eigenvalue weighted by Gasteiger charge is 2.21. The highest BCUT2D eigenvalue weighted by Crippen LogP contribution is 2.18. The summed E-state index contributed by atoms with van der Waals surface area (Å²) in [5.41, 5.74) is 1.30. The molecule has 0 aromatic rings. The molecule has 1 heterocycles. The van der Waals surface area contributed by atoms with Crippen molar-refractivity contribution in [2.45, 2.75) is 38.1 Å². The molecule has 0 unspecified atom stereocenters. The number of amides is 2. The van der Waals surface area contributed by atoms with E-state index in [4.69, 9.17) is 4.74 Å². The second kappa shape index (κ2) is 6.05. The number of nitrogens with zero attached hydrogens (tertiary/aromatic N) is 1. The minimum Gasteiger partial charge on any atom is -0.380 e. The number of hydrogen-bond donors (Lipinski definition) is 1. The van der Waals surface area contributed by atoms with Crippen LogP contribution in [0.4, 0.5) is 4.79 Å². The van der Waals surface area contributed by atoms with Crippen molar-refractivity contribution in [1.29, 1.82) is 0 Å². The molecule has 1 fully saturated rings. The topological polar surface area (TPSA) is 41.6 Å². The maximum absolute atomic E-state index is 12.0. The summed E-state index contributed by atoms with van der Waals surface area (Å²) in [5.74, 6) is 0. The first kappa shape index (κ1) is 12.4. The summed E-state index contributed by atoms with van der Waals surface area (Å²) >= 11 is 0. The number of ether oxygens (including phenoxy) is 1. The van der Waals surface area contributed by atoms with Crippen LogP contribution in [-0.4, -0.2) is 43.8 Å². The van der Waals surface area contributed by atoms with Crippen LogP contribution in [0.5, 0.6) is 0 Å². The minimum atomic E-state index is 0.101. The maximum atomic E-state index is 12.0. The van der Waals surface area contributed by atoms with E-state index in [0.717, 1.165) is 32.4 Å². The number of hydrogen-bond acceptors (Lipinski definition) is 2. The van der Waals surface area contributed by atoms with E-state index in [2.05, 4.69) is 11.4 Å². The average Bonchev–Trinajstić information content (AvgIpc) is 2.83. The van der Waals surface area contributed by atoms with Crippen molar-refractivity contribution in [3.05, 3.63) is 11.6 Å². The lowest BCUT2D eigenvalue weighted by molar-refractivity contribution is 0.190. The van der Waals surface area contributed by atoms with Gasteiger partial charge in [0.15, 0.2) is 0 Å². The zero-order chi connectivity index (χ0) is 12.1. The van der Waals surface area contributed by atoms with E-state index in [0.29, 0.717) is 12.6 Å². The normalized spacial score (nSPS) is 21.5. The van der Waals surface area contributed by atoms with E-state index in [1.165, 1.54) is 18.4 Å². The Hall–Kier alpha value is -1.03. The van der Waals surface area contributed by atoms with Crippen LogP contribution in [0.1, 0.15) is 32.1 Å². The van der Waals surface area contributed by atoms with Gasteiger partial charge in [0.05, 0.1) is 6.61 Å². The van der Waals surface area contributed by atoms with E-state index in [9.17, 15) is 4.79 Å². The molecule has 1 aliphatic carbocycles. The number of nitrogens with one attached hydrogen (secondary N) is 1. The van der Waals surface area contributed by atoms with Gasteiger partial charge in [0.1, 0.15) is 0 Å². The fourth-order valence-corrected chi connectivity index (χ4v) is 2.55. The summed E-state index contributed by atoms with van der Waals surface area (Å²) < 4.78 is 5.10. The summed E-state index contributed by atoms with van der Waals surface area (Å²) in [7, 11) is 1.71. The maximum Gasteiger partial charge on any atom is 0.317 e. The van der Waals surface area contributed by atoms with Gasteiger partial charge < -0.3 is 15.0 Å². The molecule has 0 radical (unpaired) electrons. The van der Waals surface area contributed by atoms with Crippen LogP contribution in [0, 0.1) is 0 Å². The molecule has 0 aromatic heterocycles. The standard InChI is InChI=1S/C13H22N2O2/c1-17-10-11-6-8-15(9-7-11)13(16)14-12-4-2-3-5-12/h6,12H,2-5,7-10H2,1H3,(H,14,16). The van der Waals surface area contributed by atoms with Crippen LogP contribution in [0.2, 0.25) is 0 Å². The van der Waals surface area contributed by atoms with Crippen molar-refractivity contribution >= 4 is 6.03 Å². The van der Waals surface area contributed by atoms with Crippen LogP contribution >= 0.6 is 0 Å². The summed E-state index contributed by atoms with van der Waals surface area (Å²) in [6.45, 7) is 2.23. The van der Waals surface area contributed by atoms with Gasteiger partial charge >= 0.3 is 6.03 Å². The van der Waals surface area contributed by atoms with Gasteiger partial charge in [0.2, 0.25) is 0 Å².